The van der Waals surface area contributed by atoms with Gasteiger partial charge in [0.05, 0.1) is 25.8 Å². The molecule has 0 bridgehead atoms. The molecule has 0 fully saturated rings. The summed E-state index contributed by atoms with van der Waals surface area (Å²) in [5.41, 5.74) is 4.13. The van der Waals surface area contributed by atoms with Gasteiger partial charge in [0.15, 0.2) is 11.6 Å². The van der Waals surface area contributed by atoms with Crippen LogP contribution in [-0.2, 0) is 16.0 Å². The van der Waals surface area contributed by atoms with Crippen LogP contribution in [0.25, 0.3) is 11.3 Å². The van der Waals surface area contributed by atoms with Crippen molar-refractivity contribution in [3.8, 4) is 34.3 Å². The summed E-state index contributed by atoms with van der Waals surface area (Å²) in [6.45, 7) is 2.26. The third-order valence-corrected chi connectivity index (χ3v) is 7.36. The molecule has 3 aromatic carbocycles. The molecule has 0 N–H and O–H groups in total. The van der Waals surface area contributed by atoms with Crippen LogP contribution in [0.2, 0.25) is 0 Å². The Kier molecular flexibility index (Phi) is 6.84. The van der Waals surface area contributed by atoms with E-state index >= 15 is 8.78 Å². The number of methoxy groups -OCH3 is 1. The molecule has 6 rings (SSSR count). The highest BCUT2D eigenvalue weighted by Crippen LogP contribution is 2.44. The molecule has 0 spiro atoms. The summed E-state index contributed by atoms with van der Waals surface area (Å²) in [5.74, 6) is 0.308. The van der Waals surface area contributed by atoms with E-state index in [0.717, 1.165) is 11.3 Å². The summed E-state index contributed by atoms with van der Waals surface area (Å²) in [5, 5.41) is 0. The van der Waals surface area contributed by atoms with Crippen molar-refractivity contribution in [3.05, 3.63) is 101 Å². The summed E-state index contributed by atoms with van der Waals surface area (Å²) in [6.07, 6.45) is 0.752. The average Bonchev–Trinajstić information content (AvgIpc) is 3.56. The van der Waals surface area contributed by atoms with Gasteiger partial charge in [0.2, 0.25) is 0 Å². The van der Waals surface area contributed by atoms with E-state index < -0.39 is 17.7 Å². The van der Waals surface area contributed by atoms with Crippen LogP contribution in [0.15, 0.2) is 66.7 Å². The van der Waals surface area contributed by atoms with Crippen LogP contribution in [0, 0.1) is 18.6 Å². The van der Waals surface area contributed by atoms with E-state index in [0.29, 0.717) is 59.1 Å². The second-order valence-electron chi connectivity index (χ2n) is 9.98. The van der Waals surface area contributed by atoms with E-state index in [9.17, 15) is 4.79 Å². The number of carbonyl (C=O) groups is 1. The maximum absolute atomic E-state index is 15.1. The predicted molar refractivity (Wildman–Crippen MR) is 144 cm³/mol. The minimum absolute atomic E-state index is 0.0480. The second-order valence-corrected chi connectivity index (χ2v) is 9.98. The minimum atomic E-state index is -0.538. The van der Waals surface area contributed by atoms with Gasteiger partial charge in [0.25, 0.3) is 0 Å². The Labute approximate surface area is 230 Å². The molecule has 0 radical (unpaired) electrons. The molecule has 1 aliphatic heterocycles. The summed E-state index contributed by atoms with van der Waals surface area (Å²) in [7, 11) is 1.36. The van der Waals surface area contributed by atoms with Gasteiger partial charge in [-0.25, -0.2) is 8.78 Å². The van der Waals surface area contributed by atoms with Gasteiger partial charge in [0.1, 0.15) is 29.2 Å². The number of esters is 1. The Morgan fingerprint density at radius 1 is 1.02 bits per heavy atom. The van der Waals surface area contributed by atoms with E-state index in [1.165, 1.54) is 25.3 Å². The van der Waals surface area contributed by atoms with Crippen molar-refractivity contribution in [1.82, 2.24) is 4.98 Å². The highest BCUT2D eigenvalue weighted by atomic mass is 19.1. The van der Waals surface area contributed by atoms with Gasteiger partial charge in [-0.15, -0.1) is 0 Å². The van der Waals surface area contributed by atoms with E-state index in [1.54, 1.807) is 24.3 Å². The lowest BCUT2D eigenvalue weighted by Gasteiger charge is -2.17. The van der Waals surface area contributed by atoms with Crippen molar-refractivity contribution in [2.24, 2.45) is 0 Å². The van der Waals surface area contributed by atoms with Crippen LogP contribution in [0.5, 0.6) is 23.0 Å². The number of carbonyl (C=O) groups excluding carboxylic acids is 1. The number of aromatic nitrogens is 1. The third kappa shape index (κ3) is 4.97. The molecule has 1 aliphatic carbocycles. The predicted octanol–water partition coefficient (Wildman–Crippen LogP) is 7.23. The number of hydrogen-bond donors (Lipinski definition) is 0. The van der Waals surface area contributed by atoms with Crippen LogP contribution >= 0.6 is 0 Å². The molecule has 204 valence electrons. The van der Waals surface area contributed by atoms with Crippen molar-refractivity contribution >= 4 is 5.97 Å². The Hall–Kier alpha value is -4.46. The topological polar surface area (TPSA) is 66.9 Å². The monoisotopic (exact) mass is 543 g/mol. The van der Waals surface area contributed by atoms with Crippen LogP contribution in [0.3, 0.4) is 0 Å². The average molecular weight is 544 g/mol. The highest BCUT2D eigenvalue weighted by molar-refractivity contribution is 5.71. The third-order valence-electron chi connectivity index (χ3n) is 7.36. The Bertz CT molecular complexity index is 1600. The minimum Gasteiger partial charge on any atom is -0.492 e. The van der Waals surface area contributed by atoms with Crippen LogP contribution < -0.4 is 14.2 Å². The van der Waals surface area contributed by atoms with Crippen LogP contribution in [0.1, 0.15) is 47.2 Å². The van der Waals surface area contributed by atoms with Gasteiger partial charge in [0, 0.05) is 39.9 Å². The van der Waals surface area contributed by atoms with E-state index in [2.05, 4.69) is 4.98 Å². The van der Waals surface area contributed by atoms with Gasteiger partial charge < -0.3 is 18.9 Å². The molecular formula is C32H27F2NO5. The summed E-state index contributed by atoms with van der Waals surface area (Å²) in [4.78, 5) is 16.1. The van der Waals surface area contributed by atoms with E-state index in [1.807, 2.05) is 31.2 Å². The first-order valence-corrected chi connectivity index (χ1v) is 13.1. The normalized spacial score (nSPS) is 17.1. The first-order valence-electron chi connectivity index (χ1n) is 13.1. The molecule has 0 saturated heterocycles. The van der Waals surface area contributed by atoms with Gasteiger partial charge >= 0.3 is 5.97 Å². The molecule has 4 aromatic rings. The fraction of sp³-hybridized carbons (Fsp3) is 0.250. The number of pyridine rings is 1. The fourth-order valence-electron chi connectivity index (χ4n) is 5.37. The van der Waals surface area contributed by atoms with E-state index in [-0.39, 0.29) is 24.1 Å². The van der Waals surface area contributed by atoms with Gasteiger partial charge in [-0.2, -0.15) is 0 Å². The van der Waals surface area contributed by atoms with Gasteiger partial charge in [-0.05, 0) is 68.3 Å². The van der Waals surface area contributed by atoms with Gasteiger partial charge in [-0.1, -0.05) is 12.1 Å². The quantitative estimate of drug-likeness (QED) is 0.229. The smallest absolute Gasteiger partial charge is 0.306 e. The lowest BCUT2D eigenvalue weighted by molar-refractivity contribution is -0.141. The van der Waals surface area contributed by atoms with Crippen LogP contribution in [0.4, 0.5) is 8.78 Å². The Morgan fingerprint density at radius 2 is 1.88 bits per heavy atom. The maximum Gasteiger partial charge on any atom is 0.306 e. The first kappa shape index (κ1) is 25.8. The van der Waals surface area contributed by atoms with Crippen molar-refractivity contribution in [3.63, 3.8) is 0 Å². The highest BCUT2D eigenvalue weighted by Gasteiger charge is 2.32. The largest absolute Gasteiger partial charge is 0.492 e. The molecule has 2 heterocycles. The molecule has 40 heavy (non-hydrogen) atoms. The summed E-state index contributed by atoms with van der Waals surface area (Å²) in [6, 6.07) is 18.6. The lowest BCUT2D eigenvalue weighted by Crippen LogP contribution is -2.09. The van der Waals surface area contributed by atoms with Crippen LogP contribution in [-0.4, -0.2) is 24.7 Å². The molecule has 1 aromatic heterocycles. The molecule has 8 heteroatoms. The zero-order valence-electron chi connectivity index (χ0n) is 22.1. The summed E-state index contributed by atoms with van der Waals surface area (Å²) >= 11 is 0. The standard InChI is InChI=1S/C32H27F2NO5/c1-18-4-3-5-26(35-18)19-6-11-28(25(34)14-19)40-27-13-10-24(33)32-23(27)9-12-29(32)39-21-7-8-22-20(15-31(36)37-2)17-38-30(22)16-21/h3-8,10-11,13-14,16,20,29H,9,12,15,17H2,1-2H3/t20-,29-/m1/s1. The number of benzene rings is 3. The van der Waals surface area contributed by atoms with Crippen molar-refractivity contribution in [2.75, 3.05) is 13.7 Å². The lowest BCUT2D eigenvalue weighted by atomic mass is 9.98. The van der Waals surface area contributed by atoms with Crippen molar-refractivity contribution in [2.45, 2.75) is 38.2 Å². The number of aryl methyl sites for hydroxylation is 1. The number of nitrogens with zero attached hydrogens (tertiary/aromatic N) is 1. The molecule has 0 amide bonds. The molecule has 6 nitrogen and oxygen atoms in total. The number of ether oxygens (including phenoxy) is 4. The zero-order valence-corrected chi connectivity index (χ0v) is 22.1. The number of rotatable bonds is 7. The molecule has 2 atom stereocenters. The van der Waals surface area contributed by atoms with Crippen molar-refractivity contribution in [1.29, 1.82) is 0 Å². The molecule has 0 unspecified atom stereocenters. The number of halogens is 2. The fourth-order valence-corrected chi connectivity index (χ4v) is 5.37. The number of hydrogen-bond acceptors (Lipinski definition) is 6. The van der Waals surface area contributed by atoms with Gasteiger partial charge in [-0.3, -0.25) is 9.78 Å². The zero-order chi connectivity index (χ0) is 27.8. The maximum atomic E-state index is 15.1. The Balaban J connectivity index is 1.21. The molecule has 0 saturated carbocycles. The molecular weight excluding hydrogens is 516 g/mol. The Morgan fingerprint density at radius 3 is 2.67 bits per heavy atom. The second kappa shape index (κ2) is 10.6. The van der Waals surface area contributed by atoms with Crippen molar-refractivity contribution < 1.29 is 32.5 Å². The number of fused-ring (bicyclic) bond motifs is 2. The first-order chi connectivity index (χ1) is 19.4. The summed E-state index contributed by atoms with van der Waals surface area (Å²) < 4.78 is 52.8. The SMILES string of the molecule is COC(=O)C[C@@H]1COc2cc(O[C@@H]3CCc4c(Oc5ccc(-c6cccc(C)n6)cc5F)ccc(F)c43)ccc21. The molecule has 2 aliphatic rings. The van der Waals surface area contributed by atoms with E-state index in [4.69, 9.17) is 18.9 Å².